The summed E-state index contributed by atoms with van der Waals surface area (Å²) in [7, 11) is 0. The molecule has 0 aromatic carbocycles. The van der Waals surface area contributed by atoms with Crippen LogP contribution >= 0.6 is 0 Å². The van der Waals surface area contributed by atoms with Crippen LogP contribution in [0, 0.1) is 39.9 Å². The van der Waals surface area contributed by atoms with E-state index in [1.165, 1.54) is 57.4 Å². The molecule has 0 spiro atoms. The van der Waals surface area contributed by atoms with Crippen LogP contribution in [0.1, 0.15) is 113 Å². The van der Waals surface area contributed by atoms with E-state index in [1.807, 2.05) is 0 Å². The van der Waals surface area contributed by atoms with E-state index in [2.05, 4.69) is 53.7 Å². The lowest BCUT2D eigenvalue weighted by atomic mass is 9.49. The topological polar surface area (TPSA) is 46.5 Å². The van der Waals surface area contributed by atoms with E-state index in [0.29, 0.717) is 35.5 Å². The summed E-state index contributed by atoms with van der Waals surface area (Å²) in [5.41, 5.74) is 3.93. The SMILES string of the molecule is CC(=O)O[C@]1(O)CC[C@@]2(C)C(=CC=C3[C@@H]4CC[C@H]([C@H](C)CCCC(C)(C)C)[C@@]4(C)CC[C@@H]32)C1. The quantitative estimate of drug-likeness (QED) is 0.342. The van der Waals surface area contributed by atoms with Crippen molar-refractivity contribution in [2.45, 2.75) is 118 Å². The third-order valence-electron chi connectivity index (χ3n) is 10.3. The highest BCUT2D eigenvalue weighted by Crippen LogP contribution is 2.66. The van der Waals surface area contributed by atoms with Crippen molar-refractivity contribution in [2.75, 3.05) is 0 Å². The number of hydrogen-bond donors (Lipinski definition) is 1. The van der Waals surface area contributed by atoms with Crippen molar-refractivity contribution in [3.63, 3.8) is 0 Å². The second kappa shape index (κ2) is 8.54. The molecule has 4 aliphatic rings. The summed E-state index contributed by atoms with van der Waals surface area (Å²) in [5, 5.41) is 10.9. The van der Waals surface area contributed by atoms with Gasteiger partial charge >= 0.3 is 5.97 Å². The van der Waals surface area contributed by atoms with E-state index in [0.717, 1.165) is 18.3 Å². The molecule has 4 rings (SSSR count). The fourth-order valence-electron chi connectivity index (χ4n) is 8.45. The average Bonchev–Trinajstić information content (AvgIpc) is 3.04. The highest BCUT2D eigenvalue weighted by Gasteiger charge is 2.58. The molecule has 0 bridgehead atoms. The Morgan fingerprint density at radius 2 is 1.85 bits per heavy atom. The molecule has 4 aliphatic carbocycles. The first kappa shape index (κ1) is 25.0. The number of carbonyl (C=O) groups is 1. The maximum atomic E-state index is 11.5. The van der Waals surface area contributed by atoms with Crippen molar-refractivity contribution in [1.29, 1.82) is 0 Å². The lowest BCUT2D eigenvalue weighted by Gasteiger charge is -2.56. The van der Waals surface area contributed by atoms with E-state index in [1.54, 1.807) is 5.57 Å². The summed E-state index contributed by atoms with van der Waals surface area (Å²) in [6, 6.07) is 0. The molecule has 0 radical (unpaired) electrons. The lowest BCUT2D eigenvalue weighted by molar-refractivity contribution is -0.219. The number of allylic oxidation sites excluding steroid dienone is 3. The molecule has 0 unspecified atom stereocenters. The van der Waals surface area contributed by atoms with Gasteiger partial charge in [0.05, 0.1) is 0 Å². The third kappa shape index (κ3) is 4.60. The number of aliphatic hydroxyl groups is 1. The molecule has 0 heterocycles. The van der Waals surface area contributed by atoms with Crippen LogP contribution in [0.3, 0.4) is 0 Å². The van der Waals surface area contributed by atoms with Crippen LogP contribution in [0.25, 0.3) is 0 Å². The Morgan fingerprint density at radius 1 is 1.12 bits per heavy atom. The number of esters is 1. The van der Waals surface area contributed by atoms with Gasteiger partial charge in [0.15, 0.2) is 0 Å². The first-order chi connectivity index (χ1) is 15.3. The van der Waals surface area contributed by atoms with E-state index < -0.39 is 11.8 Å². The number of carbonyl (C=O) groups excluding carboxylic acids is 1. The molecule has 33 heavy (non-hydrogen) atoms. The second-order valence-corrected chi connectivity index (χ2v) is 13.8. The Labute approximate surface area is 202 Å². The zero-order valence-corrected chi connectivity index (χ0v) is 22.3. The van der Waals surface area contributed by atoms with E-state index in [4.69, 9.17) is 4.74 Å². The van der Waals surface area contributed by atoms with Crippen molar-refractivity contribution in [2.24, 2.45) is 39.9 Å². The fraction of sp³-hybridized carbons (Fsp3) is 0.833. The molecule has 3 heteroatoms. The Bertz CT molecular complexity index is 832. The molecule has 3 nitrogen and oxygen atoms in total. The first-order valence-corrected chi connectivity index (χ1v) is 13.6. The molecule has 3 fully saturated rings. The lowest BCUT2D eigenvalue weighted by Crippen LogP contribution is -2.49. The van der Waals surface area contributed by atoms with Crippen molar-refractivity contribution in [3.8, 4) is 0 Å². The van der Waals surface area contributed by atoms with Crippen molar-refractivity contribution in [1.82, 2.24) is 0 Å². The van der Waals surface area contributed by atoms with Crippen LogP contribution in [0.5, 0.6) is 0 Å². The Balaban J connectivity index is 1.52. The van der Waals surface area contributed by atoms with Crippen LogP contribution in [-0.2, 0) is 9.53 Å². The van der Waals surface area contributed by atoms with Gasteiger partial charge in [-0.25, -0.2) is 0 Å². The van der Waals surface area contributed by atoms with E-state index >= 15 is 0 Å². The number of hydrogen-bond acceptors (Lipinski definition) is 3. The molecule has 186 valence electrons. The minimum Gasteiger partial charge on any atom is -0.433 e. The van der Waals surface area contributed by atoms with Gasteiger partial charge in [0, 0.05) is 19.8 Å². The van der Waals surface area contributed by atoms with Gasteiger partial charge in [-0.1, -0.05) is 77.7 Å². The molecule has 3 saturated carbocycles. The van der Waals surface area contributed by atoms with E-state index in [9.17, 15) is 9.90 Å². The zero-order valence-electron chi connectivity index (χ0n) is 22.3. The summed E-state index contributed by atoms with van der Waals surface area (Å²) < 4.78 is 5.34. The Hall–Kier alpha value is -1.09. The van der Waals surface area contributed by atoms with Crippen molar-refractivity contribution in [3.05, 3.63) is 23.3 Å². The van der Waals surface area contributed by atoms with Gasteiger partial charge in [0.2, 0.25) is 5.79 Å². The average molecular weight is 457 g/mol. The van der Waals surface area contributed by atoms with Crippen molar-refractivity contribution < 1.29 is 14.6 Å². The van der Waals surface area contributed by atoms with Gasteiger partial charge in [0.1, 0.15) is 0 Å². The summed E-state index contributed by atoms with van der Waals surface area (Å²) in [6.07, 6.45) is 15.9. The Morgan fingerprint density at radius 3 is 2.52 bits per heavy atom. The van der Waals surface area contributed by atoms with Crippen LogP contribution in [0.15, 0.2) is 23.3 Å². The molecule has 0 aromatic heterocycles. The van der Waals surface area contributed by atoms with Gasteiger partial charge in [-0.05, 0) is 78.4 Å². The van der Waals surface area contributed by atoms with E-state index in [-0.39, 0.29) is 5.41 Å². The fourth-order valence-corrected chi connectivity index (χ4v) is 8.45. The smallest absolute Gasteiger partial charge is 0.305 e. The summed E-state index contributed by atoms with van der Waals surface area (Å²) in [5.74, 6) is 1.20. The predicted octanol–water partition coefficient (Wildman–Crippen LogP) is 7.59. The maximum absolute atomic E-state index is 11.5. The predicted molar refractivity (Wildman–Crippen MR) is 134 cm³/mol. The van der Waals surface area contributed by atoms with Crippen LogP contribution in [0.4, 0.5) is 0 Å². The first-order valence-electron chi connectivity index (χ1n) is 13.6. The molecular weight excluding hydrogens is 408 g/mol. The van der Waals surface area contributed by atoms with Gasteiger partial charge < -0.3 is 9.84 Å². The van der Waals surface area contributed by atoms with Gasteiger partial charge in [-0.2, -0.15) is 0 Å². The molecule has 0 aromatic rings. The van der Waals surface area contributed by atoms with Crippen LogP contribution < -0.4 is 0 Å². The molecular formula is C30H48O3. The summed E-state index contributed by atoms with van der Waals surface area (Å²) >= 11 is 0. The van der Waals surface area contributed by atoms with Crippen LogP contribution in [0.2, 0.25) is 0 Å². The zero-order chi connectivity index (χ0) is 24.2. The van der Waals surface area contributed by atoms with Gasteiger partial charge in [-0.3, -0.25) is 4.79 Å². The third-order valence-corrected chi connectivity index (χ3v) is 10.3. The maximum Gasteiger partial charge on any atom is 0.305 e. The summed E-state index contributed by atoms with van der Waals surface area (Å²) in [6.45, 7) is 16.0. The highest BCUT2D eigenvalue weighted by atomic mass is 16.7. The second-order valence-electron chi connectivity index (χ2n) is 13.8. The largest absolute Gasteiger partial charge is 0.433 e. The van der Waals surface area contributed by atoms with Gasteiger partial charge in [-0.15, -0.1) is 0 Å². The summed E-state index contributed by atoms with van der Waals surface area (Å²) in [4.78, 5) is 11.5. The number of fused-ring (bicyclic) bond motifs is 5. The van der Waals surface area contributed by atoms with Crippen molar-refractivity contribution >= 4 is 5.97 Å². The number of ether oxygens (including phenoxy) is 1. The minimum atomic E-state index is -1.33. The molecule has 0 saturated heterocycles. The normalized spacial score (nSPS) is 41.3. The number of rotatable bonds is 5. The molecule has 0 amide bonds. The molecule has 1 N–H and O–H groups in total. The van der Waals surface area contributed by atoms with Gasteiger partial charge in [0.25, 0.3) is 0 Å². The standard InChI is InChI=1S/C30H48O3/c1-20(9-8-15-27(3,4)5)24-12-13-25-23-11-10-22-19-30(32,33-21(2)31)18-17-28(22,6)26(23)14-16-29(24,25)7/h10-11,20,24-26,32H,8-9,12-19H2,1-7H3/t20-,24-,25+,26+,28+,29-,30-/m1/s1. The highest BCUT2D eigenvalue weighted by molar-refractivity contribution is 5.66. The monoisotopic (exact) mass is 456 g/mol. The minimum absolute atomic E-state index is 0.0915. The Kier molecular flexibility index (Phi) is 6.47. The molecule has 0 aliphatic heterocycles. The van der Waals surface area contributed by atoms with Crippen LogP contribution in [-0.4, -0.2) is 16.9 Å². The molecule has 7 atom stereocenters.